The maximum Gasteiger partial charge on any atom is 0.214 e. The summed E-state index contributed by atoms with van der Waals surface area (Å²) < 4.78 is 26.2. The molecule has 1 aromatic carbocycles. The minimum atomic E-state index is -3.04. The van der Waals surface area contributed by atoms with Gasteiger partial charge in [-0.3, -0.25) is 4.99 Å². The Bertz CT molecular complexity index is 661. The molecule has 24 heavy (non-hydrogen) atoms. The van der Waals surface area contributed by atoms with E-state index in [1.54, 1.807) is 0 Å². The van der Waals surface area contributed by atoms with Crippen molar-refractivity contribution in [3.8, 4) is 0 Å². The third-order valence-electron chi connectivity index (χ3n) is 3.84. The van der Waals surface area contributed by atoms with E-state index < -0.39 is 10.0 Å². The molecule has 8 heteroatoms. The molecule has 0 radical (unpaired) electrons. The van der Waals surface area contributed by atoms with Gasteiger partial charge in [0.05, 0.1) is 12.3 Å². The second-order valence-corrected chi connectivity index (χ2v) is 8.79. The summed E-state index contributed by atoms with van der Waals surface area (Å²) in [6.45, 7) is 5.05. The third-order valence-corrected chi connectivity index (χ3v) is 6.33. The van der Waals surface area contributed by atoms with Crippen molar-refractivity contribution in [1.82, 2.24) is 14.5 Å². The Labute approximate surface area is 153 Å². The van der Waals surface area contributed by atoms with Gasteiger partial charge in [0.15, 0.2) is 5.96 Å². The number of sulfonamides is 1. The Balaban J connectivity index is 1.95. The zero-order valence-electron chi connectivity index (χ0n) is 14.2. The molecular weight excluding hydrogens is 392 g/mol. The van der Waals surface area contributed by atoms with Gasteiger partial charge in [0.25, 0.3) is 0 Å². The van der Waals surface area contributed by atoms with Crippen molar-refractivity contribution in [3.63, 3.8) is 0 Å². The summed E-state index contributed by atoms with van der Waals surface area (Å²) in [7, 11) is -1.06. The van der Waals surface area contributed by atoms with Gasteiger partial charge in [-0.25, -0.2) is 12.7 Å². The first-order valence-corrected chi connectivity index (χ1v) is 10.5. The standard InChI is InChI=1S/C16H25BrN4O2S/c1-3-18-16(19-9-11-21-10-4-12-24(21,22)23)20(2)13-14-5-7-15(17)8-6-14/h5-8H,3-4,9-13H2,1-2H3,(H,18,19). The molecule has 0 unspecified atom stereocenters. The highest BCUT2D eigenvalue weighted by Gasteiger charge is 2.27. The number of hydrogen-bond donors (Lipinski definition) is 1. The van der Waals surface area contributed by atoms with E-state index in [2.05, 4.69) is 38.4 Å². The second kappa shape index (κ2) is 8.82. The van der Waals surface area contributed by atoms with Crippen LogP contribution in [0.25, 0.3) is 0 Å². The van der Waals surface area contributed by atoms with E-state index in [0.717, 1.165) is 29.9 Å². The lowest BCUT2D eigenvalue weighted by Gasteiger charge is -2.22. The molecule has 0 aromatic heterocycles. The van der Waals surface area contributed by atoms with Gasteiger partial charge in [0, 0.05) is 37.7 Å². The summed E-state index contributed by atoms with van der Waals surface area (Å²) in [5.74, 6) is 1.05. The van der Waals surface area contributed by atoms with Crippen LogP contribution in [0.2, 0.25) is 0 Å². The van der Waals surface area contributed by atoms with E-state index in [1.165, 1.54) is 9.87 Å². The highest BCUT2D eigenvalue weighted by Crippen LogP contribution is 2.13. The Hall–Kier alpha value is -1.12. The lowest BCUT2D eigenvalue weighted by Crippen LogP contribution is -2.39. The van der Waals surface area contributed by atoms with Crippen LogP contribution in [0.1, 0.15) is 18.9 Å². The fourth-order valence-corrected chi connectivity index (χ4v) is 4.40. The number of hydrogen-bond acceptors (Lipinski definition) is 3. The van der Waals surface area contributed by atoms with Crippen molar-refractivity contribution < 1.29 is 8.42 Å². The summed E-state index contributed by atoms with van der Waals surface area (Å²) in [5.41, 5.74) is 1.19. The summed E-state index contributed by atoms with van der Waals surface area (Å²) >= 11 is 3.44. The molecule has 0 atom stereocenters. The lowest BCUT2D eigenvalue weighted by atomic mass is 10.2. The zero-order valence-corrected chi connectivity index (χ0v) is 16.6. The molecule has 1 heterocycles. The lowest BCUT2D eigenvalue weighted by molar-refractivity contribution is 0.445. The largest absolute Gasteiger partial charge is 0.357 e. The van der Waals surface area contributed by atoms with Gasteiger partial charge in [-0.1, -0.05) is 28.1 Å². The zero-order chi connectivity index (χ0) is 17.6. The average Bonchev–Trinajstić information content (AvgIpc) is 2.87. The molecule has 0 bridgehead atoms. The normalized spacial score (nSPS) is 17.9. The van der Waals surface area contributed by atoms with Crippen LogP contribution in [-0.4, -0.2) is 62.6 Å². The van der Waals surface area contributed by atoms with E-state index in [1.807, 2.05) is 31.0 Å². The molecule has 0 amide bonds. The molecule has 6 nitrogen and oxygen atoms in total. The van der Waals surface area contributed by atoms with Crippen molar-refractivity contribution in [2.75, 3.05) is 39.0 Å². The molecule has 1 fully saturated rings. The molecule has 1 N–H and O–H groups in total. The summed E-state index contributed by atoms with van der Waals surface area (Å²) in [6.07, 6.45) is 0.718. The van der Waals surface area contributed by atoms with Gasteiger partial charge in [-0.05, 0) is 31.0 Å². The van der Waals surface area contributed by atoms with Crippen molar-refractivity contribution in [1.29, 1.82) is 0 Å². The van der Waals surface area contributed by atoms with Gasteiger partial charge >= 0.3 is 0 Å². The number of halogens is 1. The van der Waals surface area contributed by atoms with Crippen LogP contribution in [0.4, 0.5) is 0 Å². The molecule has 0 aliphatic carbocycles. The first-order chi connectivity index (χ1) is 11.4. The van der Waals surface area contributed by atoms with Crippen LogP contribution in [0, 0.1) is 0 Å². The maximum absolute atomic E-state index is 11.8. The summed E-state index contributed by atoms with van der Waals surface area (Å²) in [6, 6.07) is 8.18. The number of aliphatic imine (C=N–C) groups is 1. The van der Waals surface area contributed by atoms with Crippen LogP contribution in [-0.2, 0) is 16.6 Å². The van der Waals surface area contributed by atoms with E-state index in [4.69, 9.17) is 0 Å². The second-order valence-electron chi connectivity index (χ2n) is 5.79. The quantitative estimate of drug-likeness (QED) is 0.567. The molecule has 0 spiro atoms. The predicted molar refractivity (Wildman–Crippen MR) is 102 cm³/mol. The highest BCUT2D eigenvalue weighted by atomic mass is 79.9. The molecular formula is C16H25BrN4O2S. The summed E-state index contributed by atoms with van der Waals surface area (Å²) in [4.78, 5) is 6.62. The molecule has 0 saturated carbocycles. The van der Waals surface area contributed by atoms with Crippen LogP contribution in [0.3, 0.4) is 0 Å². The Morgan fingerprint density at radius 1 is 1.38 bits per heavy atom. The van der Waals surface area contributed by atoms with E-state index in [-0.39, 0.29) is 5.75 Å². The average molecular weight is 417 g/mol. The van der Waals surface area contributed by atoms with Crippen LogP contribution in [0.15, 0.2) is 33.7 Å². The molecule has 2 rings (SSSR count). The Morgan fingerprint density at radius 2 is 2.08 bits per heavy atom. The Kier molecular flexibility index (Phi) is 7.06. The van der Waals surface area contributed by atoms with E-state index in [0.29, 0.717) is 19.6 Å². The van der Waals surface area contributed by atoms with Gasteiger partial charge in [0.1, 0.15) is 0 Å². The monoisotopic (exact) mass is 416 g/mol. The van der Waals surface area contributed by atoms with Crippen LogP contribution in [0.5, 0.6) is 0 Å². The first kappa shape index (κ1) is 19.2. The van der Waals surface area contributed by atoms with Crippen molar-refractivity contribution in [2.24, 2.45) is 4.99 Å². The number of benzene rings is 1. The van der Waals surface area contributed by atoms with Crippen molar-refractivity contribution in [2.45, 2.75) is 19.9 Å². The van der Waals surface area contributed by atoms with Gasteiger partial charge in [-0.15, -0.1) is 0 Å². The predicted octanol–water partition coefficient (Wildman–Crippen LogP) is 1.88. The fraction of sp³-hybridized carbons (Fsp3) is 0.562. The number of rotatable bonds is 6. The van der Waals surface area contributed by atoms with Gasteiger partial charge in [-0.2, -0.15) is 0 Å². The molecule has 1 saturated heterocycles. The first-order valence-electron chi connectivity index (χ1n) is 8.14. The molecule has 1 aromatic rings. The topological polar surface area (TPSA) is 65.0 Å². The van der Waals surface area contributed by atoms with Crippen molar-refractivity contribution in [3.05, 3.63) is 34.3 Å². The molecule has 1 aliphatic rings. The van der Waals surface area contributed by atoms with Gasteiger partial charge < -0.3 is 10.2 Å². The molecule has 1 aliphatic heterocycles. The fourth-order valence-electron chi connectivity index (χ4n) is 2.62. The minimum absolute atomic E-state index is 0.264. The number of nitrogens with zero attached hydrogens (tertiary/aromatic N) is 3. The minimum Gasteiger partial charge on any atom is -0.357 e. The number of guanidine groups is 1. The summed E-state index contributed by atoms with van der Waals surface area (Å²) in [5, 5.41) is 3.26. The highest BCUT2D eigenvalue weighted by molar-refractivity contribution is 9.10. The molecule has 134 valence electrons. The smallest absolute Gasteiger partial charge is 0.214 e. The maximum atomic E-state index is 11.8. The van der Waals surface area contributed by atoms with Gasteiger partial charge in [0.2, 0.25) is 10.0 Å². The third kappa shape index (κ3) is 5.46. The van der Waals surface area contributed by atoms with Crippen LogP contribution < -0.4 is 5.32 Å². The van der Waals surface area contributed by atoms with Crippen molar-refractivity contribution >= 4 is 31.9 Å². The number of nitrogens with one attached hydrogen (secondary N) is 1. The van der Waals surface area contributed by atoms with E-state index >= 15 is 0 Å². The SMILES string of the molecule is CCNC(=NCCN1CCCS1(=O)=O)N(C)Cc1ccc(Br)cc1. The van der Waals surface area contributed by atoms with Crippen LogP contribution >= 0.6 is 15.9 Å². The van der Waals surface area contributed by atoms with E-state index in [9.17, 15) is 8.42 Å². The Morgan fingerprint density at radius 3 is 2.67 bits per heavy atom.